The van der Waals surface area contributed by atoms with Gasteiger partial charge in [0.25, 0.3) is 5.91 Å². The molecule has 0 saturated carbocycles. The lowest BCUT2D eigenvalue weighted by atomic mass is 9.88. The molecule has 2 aromatic carbocycles. The number of nitrogen functional groups attached to an aromatic ring is 1. The Balaban J connectivity index is 1.68. The number of ether oxygens (including phenoxy) is 3. The number of anilines is 1. The van der Waals surface area contributed by atoms with Gasteiger partial charge in [-0.25, -0.2) is 19.3 Å². The molecule has 0 radical (unpaired) electrons. The van der Waals surface area contributed by atoms with Crippen LogP contribution in [0.2, 0.25) is 0 Å². The van der Waals surface area contributed by atoms with Crippen LogP contribution in [-0.4, -0.2) is 52.1 Å². The number of hydrogen-bond donors (Lipinski definition) is 1. The Kier molecular flexibility index (Phi) is 6.97. The van der Waals surface area contributed by atoms with Crippen molar-refractivity contribution in [2.24, 2.45) is 0 Å². The molecule has 39 heavy (non-hydrogen) atoms. The molecule has 0 aliphatic carbocycles. The first-order valence-corrected chi connectivity index (χ1v) is 12.1. The van der Waals surface area contributed by atoms with E-state index in [0.717, 1.165) is 5.56 Å². The SMILES string of the molecule is COc1ccc(CN2C(=O)c3c(C)nc(N)nc3CC2c2ccc(F)cc2-c2cncc(OC)n2)c(OC)c1. The van der Waals surface area contributed by atoms with E-state index >= 15 is 0 Å². The molecule has 1 unspecified atom stereocenters. The van der Waals surface area contributed by atoms with Gasteiger partial charge in [-0.1, -0.05) is 6.07 Å². The maximum Gasteiger partial charge on any atom is 0.258 e. The number of fused-ring (bicyclic) bond motifs is 1. The summed E-state index contributed by atoms with van der Waals surface area (Å²) < 4.78 is 30.8. The van der Waals surface area contributed by atoms with Gasteiger partial charge in [0, 0.05) is 23.6 Å². The van der Waals surface area contributed by atoms with E-state index in [4.69, 9.17) is 19.9 Å². The molecule has 3 heterocycles. The van der Waals surface area contributed by atoms with Crippen LogP contribution in [0.5, 0.6) is 17.4 Å². The number of nitrogens with two attached hydrogens (primary N) is 1. The highest BCUT2D eigenvalue weighted by Gasteiger charge is 2.38. The van der Waals surface area contributed by atoms with Crippen molar-refractivity contribution in [3.05, 3.63) is 82.7 Å². The normalized spacial score (nSPS) is 14.6. The molecule has 2 aromatic heterocycles. The minimum atomic E-state index is -0.547. The molecule has 200 valence electrons. The van der Waals surface area contributed by atoms with Gasteiger partial charge < -0.3 is 24.8 Å². The fraction of sp³-hybridized carbons (Fsp3) is 0.250. The van der Waals surface area contributed by atoms with E-state index in [-0.39, 0.29) is 24.3 Å². The second kappa shape index (κ2) is 10.5. The van der Waals surface area contributed by atoms with Crippen LogP contribution in [0.4, 0.5) is 10.3 Å². The summed E-state index contributed by atoms with van der Waals surface area (Å²) in [6, 6.07) is 9.26. The highest BCUT2D eigenvalue weighted by molar-refractivity contribution is 5.98. The van der Waals surface area contributed by atoms with Gasteiger partial charge >= 0.3 is 0 Å². The van der Waals surface area contributed by atoms with Gasteiger partial charge in [0.1, 0.15) is 17.3 Å². The molecule has 2 N–H and O–H groups in total. The van der Waals surface area contributed by atoms with Crippen molar-refractivity contribution in [1.29, 1.82) is 0 Å². The first-order valence-electron chi connectivity index (χ1n) is 12.1. The summed E-state index contributed by atoms with van der Waals surface area (Å²) in [6.45, 7) is 1.93. The zero-order valence-corrected chi connectivity index (χ0v) is 21.9. The summed E-state index contributed by atoms with van der Waals surface area (Å²) in [5.41, 5.74) is 9.69. The lowest BCUT2D eigenvalue weighted by Crippen LogP contribution is -2.41. The Labute approximate surface area is 224 Å². The van der Waals surface area contributed by atoms with E-state index < -0.39 is 11.9 Å². The topological polar surface area (TPSA) is 126 Å². The number of carbonyl (C=O) groups excluding carboxylic acids is 1. The van der Waals surface area contributed by atoms with Crippen LogP contribution in [-0.2, 0) is 13.0 Å². The fourth-order valence-corrected chi connectivity index (χ4v) is 4.90. The number of methoxy groups -OCH3 is 3. The molecular weight excluding hydrogens is 503 g/mol. The summed E-state index contributed by atoms with van der Waals surface area (Å²) in [7, 11) is 4.61. The monoisotopic (exact) mass is 530 g/mol. The number of nitrogens with zero attached hydrogens (tertiary/aromatic N) is 5. The van der Waals surface area contributed by atoms with Crippen LogP contribution >= 0.6 is 0 Å². The highest BCUT2D eigenvalue weighted by atomic mass is 19.1. The molecule has 1 atom stereocenters. The third-order valence-electron chi connectivity index (χ3n) is 6.73. The number of amides is 1. The maximum absolute atomic E-state index is 14.6. The summed E-state index contributed by atoms with van der Waals surface area (Å²) in [5.74, 6) is 0.828. The molecule has 0 fully saturated rings. The predicted molar refractivity (Wildman–Crippen MR) is 141 cm³/mol. The van der Waals surface area contributed by atoms with Gasteiger partial charge in [0.15, 0.2) is 0 Å². The van der Waals surface area contributed by atoms with Crippen LogP contribution in [0, 0.1) is 12.7 Å². The summed E-state index contributed by atoms with van der Waals surface area (Å²) in [4.78, 5) is 33.1. The standard InChI is InChI=1S/C28H27FN6O4/c1-15-26-21(34-28(30)32-15)11-23(35(27(26)36)14-16-5-7-18(37-2)10-24(16)38-3)19-8-6-17(29)9-20(19)22-12-31-13-25(33-22)39-4/h5-10,12-13,23H,11,14H2,1-4H3,(H2,30,32,34). The zero-order valence-electron chi connectivity index (χ0n) is 21.9. The molecule has 11 heteroatoms. The number of aromatic nitrogens is 4. The lowest BCUT2D eigenvalue weighted by Gasteiger charge is -2.38. The Morgan fingerprint density at radius 2 is 1.85 bits per heavy atom. The van der Waals surface area contributed by atoms with Crippen molar-refractivity contribution < 1.29 is 23.4 Å². The summed E-state index contributed by atoms with van der Waals surface area (Å²) in [5, 5.41) is 0. The van der Waals surface area contributed by atoms with E-state index in [0.29, 0.717) is 51.7 Å². The van der Waals surface area contributed by atoms with E-state index in [1.165, 1.54) is 31.6 Å². The van der Waals surface area contributed by atoms with E-state index in [1.54, 1.807) is 44.2 Å². The molecule has 4 aromatic rings. The van der Waals surface area contributed by atoms with Gasteiger partial charge in [0.2, 0.25) is 11.8 Å². The van der Waals surface area contributed by atoms with Crippen LogP contribution in [0.15, 0.2) is 48.8 Å². The first kappa shape index (κ1) is 25.8. The van der Waals surface area contributed by atoms with E-state index in [1.807, 2.05) is 6.07 Å². The lowest BCUT2D eigenvalue weighted by molar-refractivity contribution is 0.0623. The summed E-state index contributed by atoms with van der Waals surface area (Å²) in [6.07, 6.45) is 3.32. The van der Waals surface area contributed by atoms with Crippen molar-refractivity contribution in [2.45, 2.75) is 25.9 Å². The molecule has 1 aliphatic heterocycles. The summed E-state index contributed by atoms with van der Waals surface area (Å²) >= 11 is 0. The zero-order chi connectivity index (χ0) is 27.7. The van der Waals surface area contributed by atoms with Crippen molar-refractivity contribution in [2.75, 3.05) is 27.1 Å². The second-order valence-corrected chi connectivity index (χ2v) is 9.00. The number of rotatable bonds is 7. The third kappa shape index (κ3) is 4.90. The van der Waals surface area contributed by atoms with Crippen molar-refractivity contribution >= 4 is 11.9 Å². The fourth-order valence-electron chi connectivity index (χ4n) is 4.90. The number of aryl methyl sites for hydroxylation is 1. The van der Waals surface area contributed by atoms with Gasteiger partial charge in [0.05, 0.1) is 69.0 Å². The molecule has 10 nitrogen and oxygen atoms in total. The van der Waals surface area contributed by atoms with Gasteiger partial charge in [-0.3, -0.25) is 9.78 Å². The Morgan fingerprint density at radius 1 is 1.03 bits per heavy atom. The second-order valence-electron chi connectivity index (χ2n) is 9.00. The quantitative estimate of drug-likeness (QED) is 0.378. The number of halogens is 1. The van der Waals surface area contributed by atoms with Crippen LogP contribution in [0.1, 0.15) is 38.9 Å². The predicted octanol–water partition coefficient (Wildman–Crippen LogP) is 3.93. The van der Waals surface area contributed by atoms with Crippen LogP contribution in [0.25, 0.3) is 11.3 Å². The van der Waals surface area contributed by atoms with Gasteiger partial charge in [-0.15, -0.1) is 0 Å². The average Bonchev–Trinajstić information content (AvgIpc) is 2.94. The Hall–Kier alpha value is -4.80. The molecule has 0 spiro atoms. The molecule has 5 rings (SSSR count). The number of benzene rings is 2. The molecule has 1 aliphatic rings. The number of carbonyl (C=O) groups is 1. The molecule has 0 saturated heterocycles. The number of hydrogen-bond acceptors (Lipinski definition) is 9. The van der Waals surface area contributed by atoms with Crippen molar-refractivity contribution in [1.82, 2.24) is 24.8 Å². The minimum absolute atomic E-state index is 0.0843. The molecular formula is C28H27FN6O4. The minimum Gasteiger partial charge on any atom is -0.497 e. The van der Waals surface area contributed by atoms with Crippen molar-refractivity contribution in [3.63, 3.8) is 0 Å². The first-order chi connectivity index (χ1) is 18.8. The molecule has 0 bridgehead atoms. The highest BCUT2D eigenvalue weighted by Crippen LogP contribution is 2.40. The van der Waals surface area contributed by atoms with E-state index in [2.05, 4.69) is 19.9 Å². The van der Waals surface area contributed by atoms with Crippen molar-refractivity contribution in [3.8, 4) is 28.6 Å². The largest absolute Gasteiger partial charge is 0.497 e. The Bertz CT molecular complexity index is 1560. The van der Waals surface area contributed by atoms with Gasteiger partial charge in [-0.05, 0) is 36.8 Å². The van der Waals surface area contributed by atoms with E-state index in [9.17, 15) is 9.18 Å². The van der Waals surface area contributed by atoms with Crippen LogP contribution in [0.3, 0.4) is 0 Å². The maximum atomic E-state index is 14.6. The molecule has 1 amide bonds. The third-order valence-corrected chi connectivity index (χ3v) is 6.73. The average molecular weight is 531 g/mol. The Morgan fingerprint density at radius 3 is 2.59 bits per heavy atom. The smallest absolute Gasteiger partial charge is 0.258 e. The van der Waals surface area contributed by atoms with Gasteiger partial charge in [-0.2, -0.15) is 0 Å². The van der Waals surface area contributed by atoms with Crippen LogP contribution < -0.4 is 19.9 Å².